The molecule has 0 spiro atoms. The van der Waals surface area contributed by atoms with Crippen LogP contribution in [0.3, 0.4) is 0 Å². The lowest BCUT2D eigenvalue weighted by molar-refractivity contribution is 0.599. The first-order valence-electron chi connectivity index (χ1n) is 4.96. The van der Waals surface area contributed by atoms with E-state index in [-0.39, 0.29) is 5.75 Å². The maximum atomic E-state index is 11.7. The van der Waals surface area contributed by atoms with Crippen molar-refractivity contribution in [3.8, 4) is 0 Å². The summed E-state index contributed by atoms with van der Waals surface area (Å²) >= 11 is 11.9. The minimum Gasteiger partial charge on any atom is -0.319 e. The molecular weight excluding hydrogens is 283 g/mol. The topological polar surface area (TPSA) is 58.2 Å². The van der Waals surface area contributed by atoms with Crippen molar-refractivity contribution in [1.82, 2.24) is 5.32 Å². The van der Waals surface area contributed by atoms with E-state index in [1.54, 1.807) is 20.0 Å². The average molecular weight is 297 g/mol. The molecule has 1 aromatic rings. The van der Waals surface area contributed by atoms with E-state index in [1.807, 2.05) is 0 Å². The monoisotopic (exact) mass is 296 g/mol. The number of rotatable bonds is 5. The lowest BCUT2D eigenvalue weighted by Crippen LogP contribution is -2.24. The van der Waals surface area contributed by atoms with Gasteiger partial charge in [0.15, 0.2) is 0 Å². The van der Waals surface area contributed by atoms with Crippen molar-refractivity contribution in [2.45, 2.75) is 6.92 Å². The van der Waals surface area contributed by atoms with Crippen molar-refractivity contribution in [1.29, 1.82) is 0 Å². The Kier molecular flexibility index (Phi) is 5.06. The Labute approximate surface area is 111 Å². The number of sulfonamides is 1. The lowest BCUT2D eigenvalue weighted by Gasteiger charge is -2.10. The molecule has 17 heavy (non-hydrogen) atoms. The molecule has 7 heteroatoms. The zero-order valence-electron chi connectivity index (χ0n) is 9.55. The standard InChI is InChI=1S/C10H14Cl2N2O2S/c1-7-5-9(12)10(6-8(7)11)14-17(15,16)4-3-13-2/h5-6,13-14H,3-4H2,1-2H3. The minimum atomic E-state index is -3.40. The van der Waals surface area contributed by atoms with Gasteiger partial charge in [-0.25, -0.2) is 8.42 Å². The van der Waals surface area contributed by atoms with Gasteiger partial charge < -0.3 is 5.32 Å². The van der Waals surface area contributed by atoms with Crippen molar-refractivity contribution >= 4 is 38.9 Å². The van der Waals surface area contributed by atoms with Gasteiger partial charge in [-0.05, 0) is 31.7 Å². The fourth-order valence-corrected chi connectivity index (χ4v) is 2.74. The molecule has 0 saturated carbocycles. The summed E-state index contributed by atoms with van der Waals surface area (Å²) < 4.78 is 25.7. The van der Waals surface area contributed by atoms with E-state index in [0.717, 1.165) is 5.56 Å². The van der Waals surface area contributed by atoms with Crippen LogP contribution in [0.25, 0.3) is 0 Å². The molecule has 0 unspecified atom stereocenters. The van der Waals surface area contributed by atoms with Gasteiger partial charge >= 0.3 is 0 Å². The molecule has 0 heterocycles. The van der Waals surface area contributed by atoms with E-state index in [4.69, 9.17) is 23.2 Å². The molecule has 0 fully saturated rings. The van der Waals surface area contributed by atoms with Crippen LogP contribution < -0.4 is 10.0 Å². The highest BCUT2D eigenvalue weighted by Gasteiger charge is 2.13. The van der Waals surface area contributed by atoms with Crippen LogP contribution in [0, 0.1) is 6.92 Å². The Morgan fingerprint density at radius 1 is 1.24 bits per heavy atom. The van der Waals surface area contributed by atoms with Crippen LogP contribution in [-0.4, -0.2) is 27.8 Å². The van der Waals surface area contributed by atoms with E-state index < -0.39 is 10.0 Å². The third-order valence-corrected chi connectivity index (χ3v) is 4.13. The van der Waals surface area contributed by atoms with E-state index in [0.29, 0.717) is 22.3 Å². The highest BCUT2D eigenvalue weighted by Crippen LogP contribution is 2.29. The molecule has 4 nitrogen and oxygen atoms in total. The highest BCUT2D eigenvalue weighted by molar-refractivity contribution is 7.92. The summed E-state index contributed by atoms with van der Waals surface area (Å²) in [5.74, 6) is -0.0225. The molecule has 0 bridgehead atoms. The third-order valence-electron chi connectivity index (χ3n) is 2.13. The molecule has 0 amide bonds. The summed E-state index contributed by atoms with van der Waals surface area (Å²) in [5, 5.41) is 3.57. The van der Waals surface area contributed by atoms with Gasteiger partial charge in [0.25, 0.3) is 0 Å². The zero-order chi connectivity index (χ0) is 13.1. The second-order valence-electron chi connectivity index (χ2n) is 3.61. The predicted molar refractivity (Wildman–Crippen MR) is 72.5 cm³/mol. The molecule has 1 rings (SSSR count). The molecule has 2 N–H and O–H groups in total. The first kappa shape index (κ1) is 14.6. The Balaban J connectivity index is 2.92. The van der Waals surface area contributed by atoms with Crippen molar-refractivity contribution in [3.05, 3.63) is 27.7 Å². The normalized spacial score (nSPS) is 11.5. The second kappa shape index (κ2) is 5.91. The van der Waals surface area contributed by atoms with Crippen molar-refractivity contribution < 1.29 is 8.42 Å². The largest absolute Gasteiger partial charge is 0.319 e. The number of hydrogen-bond donors (Lipinski definition) is 2. The number of aryl methyl sites for hydroxylation is 1. The average Bonchev–Trinajstić information content (AvgIpc) is 2.23. The second-order valence-corrected chi connectivity index (χ2v) is 6.26. The highest BCUT2D eigenvalue weighted by atomic mass is 35.5. The number of halogens is 2. The van der Waals surface area contributed by atoms with Gasteiger partial charge in [-0.15, -0.1) is 0 Å². The van der Waals surface area contributed by atoms with Gasteiger partial charge in [0, 0.05) is 11.6 Å². The van der Waals surface area contributed by atoms with Crippen molar-refractivity contribution in [2.75, 3.05) is 24.1 Å². The predicted octanol–water partition coefficient (Wildman–Crippen LogP) is 2.26. The van der Waals surface area contributed by atoms with Gasteiger partial charge in [-0.2, -0.15) is 0 Å². The molecule has 96 valence electrons. The van der Waals surface area contributed by atoms with Gasteiger partial charge in [0.2, 0.25) is 10.0 Å². The molecule has 0 radical (unpaired) electrons. The molecular formula is C10H14Cl2N2O2S. The van der Waals surface area contributed by atoms with Crippen LogP contribution >= 0.6 is 23.2 Å². The number of benzene rings is 1. The Hall–Kier alpha value is -0.490. The number of nitrogens with one attached hydrogen (secondary N) is 2. The van der Waals surface area contributed by atoms with Crippen molar-refractivity contribution in [3.63, 3.8) is 0 Å². The molecule has 0 saturated heterocycles. The SMILES string of the molecule is CNCCS(=O)(=O)Nc1cc(Cl)c(C)cc1Cl. The lowest BCUT2D eigenvalue weighted by atomic mass is 10.2. The Morgan fingerprint density at radius 2 is 1.88 bits per heavy atom. The first-order chi connectivity index (χ1) is 7.85. The summed E-state index contributed by atoms with van der Waals surface area (Å²) in [6, 6.07) is 3.13. The summed E-state index contributed by atoms with van der Waals surface area (Å²) in [7, 11) is -1.72. The first-order valence-corrected chi connectivity index (χ1v) is 7.37. The summed E-state index contributed by atoms with van der Waals surface area (Å²) in [5.41, 5.74) is 1.10. The Bertz CT molecular complexity index is 503. The van der Waals surface area contributed by atoms with Gasteiger partial charge in [0.1, 0.15) is 0 Å². The van der Waals surface area contributed by atoms with Crippen LogP contribution in [0.2, 0.25) is 10.0 Å². The van der Waals surface area contributed by atoms with Crippen LogP contribution in [-0.2, 0) is 10.0 Å². The quantitative estimate of drug-likeness (QED) is 0.876. The van der Waals surface area contributed by atoms with Gasteiger partial charge in [-0.1, -0.05) is 23.2 Å². The van der Waals surface area contributed by atoms with E-state index in [2.05, 4.69) is 10.0 Å². The van der Waals surface area contributed by atoms with Crippen LogP contribution in [0.5, 0.6) is 0 Å². The van der Waals surface area contributed by atoms with E-state index in [1.165, 1.54) is 6.07 Å². The van der Waals surface area contributed by atoms with E-state index >= 15 is 0 Å². The zero-order valence-corrected chi connectivity index (χ0v) is 11.9. The fourth-order valence-electron chi connectivity index (χ4n) is 1.18. The Morgan fingerprint density at radius 3 is 2.47 bits per heavy atom. The molecule has 0 aliphatic carbocycles. The molecule has 1 aromatic carbocycles. The van der Waals surface area contributed by atoms with Gasteiger partial charge in [0.05, 0.1) is 16.5 Å². The van der Waals surface area contributed by atoms with E-state index in [9.17, 15) is 8.42 Å². The van der Waals surface area contributed by atoms with Gasteiger partial charge in [-0.3, -0.25) is 4.72 Å². The van der Waals surface area contributed by atoms with Crippen LogP contribution in [0.1, 0.15) is 5.56 Å². The third kappa shape index (κ3) is 4.35. The smallest absolute Gasteiger partial charge is 0.234 e. The summed E-state index contributed by atoms with van der Waals surface area (Å²) in [6.07, 6.45) is 0. The van der Waals surface area contributed by atoms with Crippen LogP contribution in [0.15, 0.2) is 12.1 Å². The number of hydrogen-bond acceptors (Lipinski definition) is 3. The maximum absolute atomic E-state index is 11.7. The molecule has 0 atom stereocenters. The summed E-state index contributed by atoms with van der Waals surface area (Å²) in [6.45, 7) is 2.17. The van der Waals surface area contributed by atoms with Crippen molar-refractivity contribution in [2.24, 2.45) is 0 Å². The summed E-state index contributed by atoms with van der Waals surface area (Å²) in [4.78, 5) is 0. The minimum absolute atomic E-state index is 0.0225. The molecule has 0 aliphatic rings. The molecule has 0 aliphatic heterocycles. The fraction of sp³-hybridized carbons (Fsp3) is 0.400. The van der Waals surface area contributed by atoms with Crippen LogP contribution in [0.4, 0.5) is 5.69 Å². The number of anilines is 1. The molecule has 0 aromatic heterocycles. The maximum Gasteiger partial charge on any atom is 0.234 e.